The molecule has 0 atom stereocenters. The third kappa shape index (κ3) is 3.73. The molecule has 1 heterocycles. The van der Waals surface area contributed by atoms with Gasteiger partial charge in [0.15, 0.2) is 0 Å². The number of nitrogens with zero attached hydrogens (tertiary/aromatic N) is 2. The largest absolute Gasteiger partial charge is 0.371 e. The molecule has 0 amide bonds. The van der Waals surface area contributed by atoms with Gasteiger partial charge >= 0.3 is 0 Å². The van der Waals surface area contributed by atoms with E-state index in [1.165, 1.54) is 43.7 Å². The van der Waals surface area contributed by atoms with Crippen LogP contribution in [0.4, 0.5) is 5.69 Å². The van der Waals surface area contributed by atoms with Crippen molar-refractivity contribution in [2.45, 2.75) is 31.1 Å². The highest BCUT2D eigenvalue weighted by Crippen LogP contribution is 2.29. The van der Waals surface area contributed by atoms with Crippen molar-refractivity contribution < 1.29 is 0 Å². The lowest BCUT2D eigenvalue weighted by molar-refractivity contribution is 0.221. The van der Waals surface area contributed by atoms with Crippen LogP contribution in [0.5, 0.6) is 0 Å². The first-order valence-electron chi connectivity index (χ1n) is 6.95. The summed E-state index contributed by atoms with van der Waals surface area (Å²) in [6.45, 7) is 5.89. The Morgan fingerprint density at radius 2 is 2.00 bits per heavy atom. The fraction of sp³-hybridized carbons (Fsp3) is 0.600. The second kappa shape index (κ2) is 7.09. The highest BCUT2D eigenvalue weighted by Gasteiger charge is 2.22. The molecular formula is C15H22Br2N2. The smallest absolute Gasteiger partial charge is 0.0408 e. The fourth-order valence-electron chi connectivity index (χ4n) is 2.82. The van der Waals surface area contributed by atoms with Gasteiger partial charge in [-0.15, -0.1) is 0 Å². The van der Waals surface area contributed by atoms with Gasteiger partial charge in [0.05, 0.1) is 0 Å². The molecule has 0 aromatic heterocycles. The SMILES string of the molecule is CCN1CCC(N(C)c2ccc(Br)cc2CBr)CC1. The summed E-state index contributed by atoms with van der Waals surface area (Å²) in [5.41, 5.74) is 2.71. The molecule has 1 fully saturated rings. The normalized spacial score (nSPS) is 17.7. The number of rotatable bonds is 4. The van der Waals surface area contributed by atoms with Crippen molar-refractivity contribution in [2.75, 3.05) is 31.6 Å². The number of anilines is 1. The quantitative estimate of drug-likeness (QED) is 0.709. The molecule has 1 aliphatic heterocycles. The van der Waals surface area contributed by atoms with Crippen molar-refractivity contribution in [3.05, 3.63) is 28.2 Å². The van der Waals surface area contributed by atoms with E-state index in [0.717, 1.165) is 9.80 Å². The average Bonchev–Trinajstić information content (AvgIpc) is 2.46. The molecule has 19 heavy (non-hydrogen) atoms. The second-order valence-corrected chi connectivity index (χ2v) is 6.66. The lowest BCUT2D eigenvalue weighted by atomic mass is 10.0. The van der Waals surface area contributed by atoms with Gasteiger partial charge in [-0.05, 0) is 43.1 Å². The molecule has 0 radical (unpaired) electrons. The van der Waals surface area contributed by atoms with E-state index in [1.54, 1.807) is 0 Å². The van der Waals surface area contributed by atoms with Crippen LogP contribution >= 0.6 is 31.9 Å². The molecule has 2 rings (SSSR count). The summed E-state index contributed by atoms with van der Waals surface area (Å²) in [7, 11) is 2.24. The van der Waals surface area contributed by atoms with E-state index in [0.29, 0.717) is 6.04 Å². The maximum Gasteiger partial charge on any atom is 0.0408 e. The molecule has 4 heteroatoms. The molecule has 106 valence electrons. The lowest BCUT2D eigenvalue weighted by Crippen LogP contribution is -2.43. The van der Waals surface area contributed by atoms with Gasteiger partial charge in [0.2, 0.25) is 0 Å². The van der Waals surface area contributed by atoms with Gasteiger partial charge in [-0.3, -0.25) is 0 Å². The number of alkyl halides is 1. The van der Waals surface area contributed by atoms with Crippen molar-refractivity contribution in [2.24, 2.45) is 0 Å². The predicted octanol–water partition coefficient (Wildman–Crippen LogP) is 4.26. The zero-order chi connectivity index (χ0) is 13.8. The van der Waals surface area contributed by atoms with E-state index in [4.69, 9.17) is 0 Å². The van der Waals surface area contributed by atoms with Crippen molar-refractivity contribution in [3.63, 3.8) is 0 Å². The van der Waals surface area contributed by atoms with Gasteiger partial charge < -0.3 is 9.80 Å². The summed E-state index contributed by atoms with van der Waals surface area (Å²) in [6, 6.07) is 7.25. The van der Waals surface area contributed by atoms with E-state index >= 15 is 0 Å². The number of hydrogen-bond donors (Lipinski definition) is 0. The van der Waals surface area contributed by atoms with E-state index in [2.05, 4.69) is 73.8 Å². The highest BCUT2D eigenvalue weighted by atomic mass is 79.9. The minimum atomic E-state index is 0.668. The first kappa shape index (κ1) is 15.3. The summed E-state index contributed by atoms with van der Waals surface area (Å²) in [5.74, 6) is 0. The van der Waals surface area contributed by atoms with Crippen LogP contribution in [0.2, 0.25) is 0 Å². The van der Waals surface area contributed by atoms with Gasteiger partial charge in [-0.2, -0.15) is 0 Å². The number of hydrogen-bond acceptors (Lipinski definition) is 2. The molecule has 0 unspecified atom stereocenters. The minimum absolute atomic E-state index is 0.668. The van der Waals surface area contributed by atoms with Gasteiger partial charge in [-0.1, -0.05) is 38.8 Å². The number of benzene rings is 1. The third-order valence-corrected chi connectivity index (χ3v) is 5.21. The Hall–Kier alpha value is -0.0600. The standard InChI is InChI=1S/C15H22Br2N2/c1-3-19-8-6-14(7-9-19)18(2)15-5-4-13(17)10-12(15)11-16/h4-5,10,14H,3,6-9,11H2,1-2H3. The third-order valence-electron chi connectivity index (χ3n) is 4.12. The van der Waals surface area contributed by atoms with Crippen LogP contribution < -0.4 is 4.90 Å². The molecule has 0 N–H and O–H groups in total. The van der Waals surface area contributed by atoms with Gasteiger partial charge in [-0.25, -0.2) is 0 Å². The van der Waals surface area contributed by atoms with Gasteiger partial charge in [0.1, 0.15) is 0 Å². The fourth-order valence-corrected chi connectivity index (χ4v) is 3.68. The Bertz CT molecular complexity index is 415. The van der Waals surface area contributed by atoms with Gasteiger partial charge in [0, 0.05) is 41.7 Å². The van der Waals surface area contributed by atoms with Crippen molar-refractivity contribution >= 4 is 37.5 Å². The van der Waals surface area contributed by atoms with Crippen LogP contribution in [0, 0.1) is 0 Å². The van der Waals surface area contributed by atoms with Crippen LogP contribution in [-0.2, 0) is 5.33 Å². The summed E-state index contributed by atoms with van der Waals surface area (Å²) in [4.78, 5) is 5.01. The van der Waals surface area contributed by atoms with Crippen LogP contribution in [0.25, 0.3) is 0 Å². The summed E-state index contributed by atoms with van der Waals surface area (Å²) < 4.78 is 1.15. The second-order valence-electron chi connectivity index (χ2n) is 5.18. The Kier molecular flexibility index (Phi) is 5.72. The molecule has 2 nitrogen and oxygen atoms in total. The number of piperidine rings is 1. The summed E-state index contributed by atoms with van der Waals surface area (Å²) in [6.07, 6.45) is 2.53. The van der Waals surface area contributed by atoms with Crippen LogP contribution in [-0.4, -0.2) is 37.6 Å². The first-order valence-corrected chi connectivity index (χ1v) is 8.86. The van der Waals surface area contributed by atoms with Crippen LogP contribution in [0.15, 0.2) is 22.7 Å². The Labute approximate surface area is 133 Å². The molecule has 0 aliphatic carbocycles. The average molecular weight is 390 g/mol. The monoisotopic (exact) mass is 388 g/mol. The van der Waals surface area contributed by atoms with Crippen molar-refractivity contribution in [3.8, 4) is 0 Å². The van der Waals surface area contributed by atoms with Gasteiger partial charge in [0.25, 0.3) is 0 Å². The van der Waals surface area contributed by atoms with E-state index in [9.17, 15) is 0 Å². The molecule has 0 saturated carbocycles. The Morgan fingerprint density at radius 1 is 1.32 bits per heavy atom. The van der Waals surface area contributed by atoms with Crippen LogP contribution in [0.1, 0.15) is 25.3 Å². The maximum atomic E-state index is 3.60. The highest BCUT2D eigenvalue weighted by molar-refractivity contribution is 9.10. The molecule has 1 aliphatic rings. The molecule has 0 spiro atoms. The summed E-state index contributed by atoms with van der Waals surface area (Å²) in [5, 5.41) is 0.903. The lowest BCUT2D eigenvalue weighted by Gasteiger charge is -2.38. The Balaban J connectivity index is 2.09. The van der Waals surface area contributed by atoms with Crippen molar-refractivity contribution in [1.29, 1.82) is 0 Å². The zero-order valence-electron chi connectivity index (χ0n) is 11.7. The van der Waals surface area contributed by atoms with Crippen molar-refractivity contribution in [1.82, 2.24) is 4.90 Å². The minimum Gasteiger partial charge on any atom is -0.371 e. The van der Waals surface area contributed by atoms with E-state index in [-0.39, 0.29) is 0 Å². The van der Waals surface area contributed by atoms with E-state index in [1.807, 2.05) is 0 Å². The number of likely N-dealkylation sites (tertiary alicyclic amines) is 1. The molecule has 1 saturated heterocycles. The molecule has 1 aromatic carbocycles. The Morgan fingerprint density at radius 3 is 2.58 bits per heavy atom. The number of halogens is 2. The van der Waals surface area contributed by atoms with Crippen LogP contribution in [0.3, 0.4) is 0 Å². The molecule has 1 aromatic rings. The maximum absolute atomic E-state index is 3.60. The first-order chi connectivity index (χ1) is 9.15. The predicted molar refractivity (Wildman–Crippen MR) is 90.3 cm³/mol. The molecular weight excluding hydrogens is 368 g/mol. The zero-order valence-corrected chi connectivity index (χ0v) is 14.9. The topological polar surface area (TPSA) is 6.48 Å². The molecule has 0 bridgehead atoms. The van der Waals surface area contributed by atoms with E-state index < -0.39 is 0 Å². The summed E-state index contributed by atoms with van der Waals surface area (Å²) >= 11 is 7.15.